The quantitative estimate of drug-likeness (QED) is 0.826. The van der Waals surface area contributed by atoms with E-state index in [0.29, 0.717) is 36.2 Å². The predicted octanol–water partition coefficient (Wildman–Crippen LogP) is 2.64. The standard InChI is InChI=1S/C18H23Cl2N3O3/c1-12(15-4-3-14(19)11-16(15)20)21-17(25)5-6-18(26)23-9-7-22(8-10-23)13(2)24/h3-4,11-12H,5-10H2,1-2H3,(H,21,25)/t12-/m1/s1. The topological polar surface area (TPSA) is 69.7 Å². The van der Waals surface area contributed by atoms with E-state index in [1.807, 2.05) is 6.92 Å². The molecule has 0 spiro atoms. The summed E-state index contributed by atoms with van der Waals surface area (Å²) < 4.78 is 0. The number of carbonyl (C=O) groups excluding carboxylic acids is 3. The van der Waals surface area contributed by atoms with Crippen molar-refractivity contribution in [3.8, 4) is 0 Å². The molecule has 1 fully saturated rings. The predicted molar refractivity (Wildman–Crippen MR) is 101 cm³/mol. The molecule has 1 heterocycles. The normalized spacial score (nSPS) is 15.5. The lowest BCUT2D eigenvalue weighted by atomic mass is 10.1. The molecular formula is C18H23Cl2N3O3. The highest BCUT2D eigenvalue weighted by Gasteiger charge is 2.23. The smallest absolute Gasteiger partial charge is 0.223 e. The molecule has 1 aromatic rings. The molecule has 0 bridgehead atoms. The van der Waals surface area contributed by atoms with Crippen molar-refractivity contribution in [1.82, 2.24) is 15.1 Å². The van der Waals surface area contributed by atoms with Gasteiger partial charge in [0, 0.05) is 56.0 Å². The Hall–Kier alpha value is -1.79. The molecule has 0 aliphatic carbocycles. The van der Waals surface area contributed by atoms with Gasteiger partial charge in [-0.15, -0.1) is 0 Å². The van der Waals surface area contributed by atoms with E-state index in [-0.39, 0.29) is 36.6 Å². The first-order chi connectivity index (χ1) is 12.3. The molecule has 1 aliphatic rings. The number of hydrogen-bond acceptors (Lipinski definition) is 3. The van der Waals surface area contributed by atoms with Gasteiger partial charge in [-0.3, -0.25) is 14.4 Å². The fourth-order valence-corrected chi connectivity index (χ4v) is 3.47. The third kappa shape index (κ3) is 5.61. The maximum absolute atomic E-state index is 12.2. The van der Waals surface area contributed by atoms with Crippen molar-refractivity contribution in [3.05, 3.63) is 33.8 Å². The lowest BCUT2D eigenvalue weighted by molar-refractivity contribution is -0.139. The fourth-order valence-electron chi connectivity index (χ4n) is 2.89. The Bertz CT molecular complexity index is 688. The van der Waals surface area contributed by atoms with E-state index >= 15 is 0 Å². The van der Waals surface area contributed by atoms with Gasteiger partial charge in [0.05, 0.1) is 6.04 Å². The van der Waals surface area contributed by atoms with Crippen molar-refractivity contribution in [2.75, 3.05) is 26.2 Å². The third-order valence-corrected chi connectivity index (χ3v) is 5.01. The highest BCUT2D eigenvalue weighted by Crippen LogP contribution is 2.26. The summed E-state index contributed by atoms with van der Waals surface area (Å²) in [4.78, 5) is 39.1. The van der Waals surface area contributed by atoms with Crippen LogP contribution in [0, 0.1) is 0 Å². The zero-order valence-corrected chi connectivity index (χ0v) is 16.4. The molecule has 2 rings (SSSR count). The van der Waals surface area contributed by atoms with Crippen LogP contribution in [0.4, 0.5) is 0 Å². The van der Waals surface area contributed by atoms with Gasteiger partial charge in [-0.2, -0.15) is 0 Å². The van der Waals surface area contributed by atoms with Crippen molar-refractivity contribution in [1.29, 1.82) is 0 Å². The van der Waals surface area contributed by atoms with Gasteiger partial charge in [-0.1, -0.05) is 29.3 Å². The van der Waals surface area contributed by atoms with Crippen molar-refractivity contribution >= 4 is 40.9 Å². The number of nitrogens with zero attached hydrogens (tertiary/aromatic N) is 2. The second kappa shape index (κ2) is 9.24. The zero-order valence-electron chi connectivity index (χ0n) is 14.9. The Morgan fingerprint density at radius 2 is 1.69 bits per heavy atom. The van der Waals surface area contributed by atoms with E-state index in [9.17, 15) is 14.4 Å². The first-order valence-electron chi connectivity index (χ1n) is 8.55. The minimum Gasteiger partial charge on any atom is -0.350 e. The number of hydrogen-bond donors (Lipinski definition) is 1. The number of amides is 3. The van der Waals surface area contributed by atoms with Gasteiger partial charge in [0.25, 0.3) is 0 Å². The maximum Gasteiger partial charge on any atom is 0.223 e. The molecule has 1 aromatic carbocycles. The molecule has 6 nitrogen and oxygen atoms in total. The lowest BCUT2D eigenvalue weighted by Gasteiger charge is -2.34. The Morgan fingerprint density at radius 3 is 2.27 bits per heavy atom. The summed E-state index contributed by atoms with van der Waals surface area (Å²) in [6, 6.07) is 4.84. The molecule has 0 aromatic heterocycles. The average Bonchev–Trinajstić information content (AvgIpc) is 2.59. The molecule has 1 aliphatic heterocycles. The summed E-state index contributed by atoms with van der Waals surface area (Å²) in [7, 11) is 0. The van der Waals surface area contributed by atoms with E-state index in [1.165, 1.54) is 6.92 Å². The van der Waals surface area contributed by atoms with Crippen molar-refractivity contribution in [2.45, 2.75) is 32.7 Å². The highest BCUT2D eigenvalue weighted by molar-refractivity contribution is 6.35. The molecule has 0 saturated carbocycles. The third-order valence-electron chi connectivity index (χ3n) is 4.45. The highest BCUT2D eigenvalue weighted by atomic mass is 35.5. The van der Waals surface area contributed by atoms with Gasteiger partial charge in [-0.05, 0) is 24.6 Å². The Labute approximate surface area is 163 Å². The minimum absolute atomic E-state index is 0.0197. The summed E-state index contributed by atoms with van der Waals surface area (Å²) in [6.07, 6.45) is 0.258. The largest absolute Gasteiger partial charge is 0.350 e. The van der Waals surface area contributed by atoms with Crippen LogP contribution in [-0.4, -0.2) is 53.7 Å². The van der Waals surface area contributed by atoms with E-state index in [0.717, 1.165) is 5.56 Å². The molecule has 1 atom stereocenters. The van der Waals surface area contributed by atoms with Crippen LogP contribution in [0.25, 0.3) is 0 Å². The molecule has 3 amide bonds. The van der Waals surface area contributed by atoms with Gasteiger partial charge in [0.2, 0.25) is 17.7 Å². The molecule has 0 radical (unpaired) electrons. The molecule has 0 unspecified atom stereocenters. The number of carbonyl (C=O) groups is 3. The van der Waals surface area contributed by atoms with Crippen LogP contribution in [-0.2, 0) is 14.4 Å². The monoisotopic (exact) mass is 399 g/mol. The second-order valence-electron chi connectivity index (χ2n) is 6.34. The van der Waals surface area contributed by atoms with Gasteiger partial charge in [0.15, 0.2) is 0 Å². The number of nitrogens with one attached hydrogen (secondary N) is 1. The van der Waals surface area contributed by atoms with Gasteiger partial charge < -0.3 is 15.1 Å². The molecule has 1 N–H and O–H groups in total. The summed E-state index contributed by atoms with van der Waals surface area (Å²) in [5, 5.41) is 3.87. The first kappa shape index (κ1) is 20.5. The Morgan fingerprint density at radius 1 is 1.08 bits per heavy atom. The van der Waals surface area contributed by atoms with Crippen LogP contribution < -0.4 is 5.32 Å². The zero-order chi connectivity index (χ0) is 19.3. The van der Waals surface area contributed by atoms with Gasteiger partial charge in [-0.25, -0.2) is 0 Å². The number of rotatable bonds is 5. The number of halogens is 2. The Kier molecular flexibility index (Phi) is 7.29. The van der Waals surface area contributed by atoms with Crippen molar-refractivity contribution in [2.24, 2.45) is 0 Å². The molecule has 142 valence electrons. The number of piperazine rings is 1. The van der Waals surface area contributed by atoms with E-state index in [2.05, 4.69) is 5.32 Å². The van der Waals surface area contributed by atoms with Crippen LogP contribution in [0.2, 0.25) is 10.0 Å². The minimum atomic E-state index is -0.276. The van der Waals surface area contributed by atoms with Crippen LogP contribution in [0.15, 0.2) is 18.2 Å². The SMILES string of the molecule is CC(=O)N1CCN(C(=O)CCC(=O)N[C@H](C)c2ccc(Cl)cc2Cl)CC1. The van der Waals surface area contributed by atoms with E-state index < -0.39 is 0 Å². The summed E-state index contributed by atoms with van der Waals surface area (Å²) in [5.74, 6) is -0.258. The summed E-state index contributed by atoms with van der Waals surface area (Å²) in [6.45, 7) is 5.46. The van der Waals surface area contributed by atoms with Crippen molar-refractivity contribution in [3.63, 3.8) is 0 Å². The molecule has 26 heavy (non-hydrogen) atoms. The maximum atomic E-state index is 12.2. The molecule has 8 heteroatoms. The van der Waals surface area contributed by atoms with Crippen LogP contribution >= 0.6 is 23.2 Å². The van der Waals surface area contributed by atoms with Gasteiger partial charge in [0.1, 0.15) is 0 Å². The van der Waals surface area contributed by atoms with Crippen LogP contribution in [0.1, 0.15) is 38.3 Å². The summed E-state index contributed by atoms with van der Waals surface area (Å²) >= 11 is 12.0. The second-order valence-corrected chi connectivity index (χ2v) is 7.19. The summed E-state index contributed by atoms with van der Waals surface area (Å²) in [5.41, 5.74) is 0.774. The average molecular weight is 400 g/mol. The van der Waals surface area contributed by atoms with E-state index in [1.54, 1.807) is 28.0 Å². The Balaban J connectivity index is 1.77. The molecule has 1 saturated heterocycles. The first-order valence-corrected chi connectivity index (χ1v) is 9.31. The fraction of sp³-hybridized carbons (Fsp3) is 0.500. The van der Waals surface area contributed by atoms with Crippen LogP contribution in [0.5, 0.6) is 0 Å². The van der Waals surface area contributed by atoms with Crippen molar-refractivity contribution < 1.29 is 14.4 Å². The molecular weight excluding hydrogens is 377 g/mol. The number of benzene rings is 1. The van der Waals surface area contributed by atoms with Crippen LogP contribution in [0.3, 0.4) is 0 Å². The lowest BCUT2D eigenvalue weighted by Crippen LogP contribution is -2.50. The van der Waals surface area contributed by atoms with Gasteiger partial charge >= 0.3 is 0 Å². The van der Waals surface area contributed by atoms with E-state index in [4.69, 9.17) is 23.2 Å².